The smallest absolute Gasteiger partial charge is 0.180 e. The van der Waals surface area contributed by atoms with Gasteiger partial charge in [-0.2, -0.15) is 0 Å². The van der Waals surface area contributed by atoms with Crippen molar-refractivity contribution in [3.63, 3.8) is 0 Å². The molecule has 0 heterocycles. The number of unbranched alkanes of at least 4 members (excludes halogenated alkanes) is 9. The zero-order valence-electron chi connectivity index (χ0n) is 15.6. The van der Waals surface area contributed by atoms with Gasteiger partial charge < -0.3 is 5.11 Å². The van der Waals surface area contributed by atoms with Gasteiger partial charge in [0.05, 0.1) is 5.75 Å². The molecule has 3 nitrogen and oxygen atoms in total. The van der Waals surface area contributed by atoms with Gasteiger partial charge in [0, 0.05) is 0 Å². The van der Waals surface area contributed by atoms with Crippen LogP contribution in [-0.4, -0.2) is 24.7 Å². The van der Waals surface area contributed by atoms with Crippen molar-refractivity contribution in [1.29, 1.82) is 0 Å². The highest BCUT2D eigenvalue weighted by molar-refractivity contribution is 7.91. The lowest BCUT2D eigenvalue weighted by Gasteiger charge is -2.08. The molecule has 0 amide bonds. The van der Waals surface area contributed by atoms with Crippen LogP contribution in [0, 0.1) is 0 Å². The van der Waals surface area contributed by atoms with E-state index in [-0.39, 0.29) is 5.75 Å². The molecule has 0 aliphatic rings. The third-order valence-electron chi connectivity index (χ3n) is 4.40. The SMILES string of the molecule is CCCCCCCCCCCCS(=O)(=O)C(O)/C=C/c1ccccc1. The van der Waals surface area contributed by atoms with Crippen LogP contribution in [0.2, 0.25) is 0 Å². The lowest BCUT2D eigenvalue weighted by Crippen LogP contribution is -2.21. The number of aliphatic hydroxyl groups excluding tert-OH is 1. The van der Waals surface area contributed by atoms with Crippen LogP contribution >= 0.6 is 0 Å². The topological polar surface area (TPSA) is 54.4 Å². The number of aliphatic hydroxyl groups is 1. The first-order valence-electron chi connectivity index (χ1n) is 9.69. The zero-order chi connectivity index (χ0) is 18.4. The Hall–Kier alpha value is -1.13. The van der Waals surface area contributed by atoms with Crippen molar-refractivity contribution >= 4 is 15.9 Å². The van der Waals surface area contributed by atoms with Crippen molar-refractivity contribution in [2.45, 2.75) is 76.6 Å². The average molecular weight is 367 g/mol. The summed E-state index contributed by atoms with van der Waals surface area (Å²) in [5.74, 6) is 0.0593. The van der Waals surface area contributed by atoms with Gasteiger partial charge in [0.1, 0.15) is 0 Å². The van der Waals surface area contributed by atoms with Crippen molar-refractivity contribution in [1.82, 2.24) is 0 Å². The second-order valence-corrected chi connectivity index (χ2v) is 8.93. The molecule has 0 aromatic heterocycles. The summed E-state index contributed by atoms with van der Waals surface area (Å²) in [6, 6.07) is 9.40. The van der Waals surface area contributed by atoms with E-state index in [1.807, 2.05) is 30.3 Å². The molecule has 4 heteroatoms. The second kappa shape index (κ2) is 13.1. The van der Waals surface area contributed by atoms with E-state index in [2.05, 4.69) is 6.92 Å². The van der Waals surface area contributed by atoms with Crippen LogP contribution in [0.25, 0.3) is 6.08 Å². The molecular formula is C21H34O3S. The van der Waals surface area contributed by atoms with E-state index in [1.54, 1.807) is 6.08 Å². The van der Waals surface area contributed by atoms with Crippen molar-refractivity contribution in [3.8, 4) is 0 Å². The second-order valence-electron chi connectivity index (χ2n) is 6.71. The average Bonchev–Trinajstić information content (AvgIpc) is 2.62. The summed E-state index contributed by atoms with van der Waals surface area (Å²) >= 11 is 0. The van der Waals surface area contributed by atoms with Gasteiger partial charge in [-0.15, -0.1) is 0 Å². The predicted molar refractivity (Wildman–Crippen MR) is 107 cm³/mol. The Kier molecular flexibility index (Phi) is 11.5. The molecule has 1 aromatic rings. The molecular weight excluding hydrogens is 332 g/mol. The first-order chi connectivity index (χ1) is 12.1. The highest BCUT2D eigenvalue weighted by Crippen LogP contribution is 2.13. The molecule has 0 radical (unpaired) electrons. The van der Waals surface area contributed by atoms with Crippen LogP contribution in [0.3, 0.4) is 0 Å². The maximum absolute atomic E-state index is 12.1. The van der Waals surface area contributed by atoms with Gasteiger partial charge in [-0.3, -0.25) is 0 Å². The molecule has 25 heavy (non-hydrogen) atoms. The van der Waals surface area contributed by atoms with Gasteiger partial charge >= 0.3 is 0 Å². The number of benzene rings is 1. The highest BCUT2D eigenvalue weighted by Gasteiger charge is 2.19. The highest BCUT2D eigenvalue weighted by atomic mass is 32.2. The molecule has 1 rings (SSSR count). The quantitative estimate of drug-likeness (QED) is 0.451. The molecule has 142 valence electrons. The van der Waals surface area contributed by atoms with Gasteiger partial charge in [0.25, 0.3) is 0 Å². The molecule has 0 spiro atoms. The summed E-state index contributed by atoms with van der Waals surface area (Å²) < 4.78 is 24.2. The number of hydrogen-bond acceptors (Lipinski definition) is 3. The van der Waals surface area contributed by atoms with Gasteiger partial charge in [-0.05, 0) is 18.1 Å². The maximum atomic E-state index is 12.1. The van der Waals surface area contributed by atoms with E-state index in [9.17, 15) is 13.5 Å². The fourth-order valence-electron chi connectivity index (χ4n) is 2.79. The molecule has 0 saturated heterocycles. The summed E-state index contributed by atoms with van der Waals surface area (Å²) in [6.07, 6.45) is 14.6. The Balaban J connectivity index is 2.15. The van der Waals surface area contributed by atoms with Gasteiger partial charge in [0.15, 0.2) is 15.3 Å². The minimum Gasteiger partial charge on any atom is -0.374 e. The summed E-state index contributed by atoms with van der Waals surface area (Å²) in [5.41, 5.74) is -0.526. The van der Waals surface area contributed by atoms with Crippen molar-refractivity contribution in [2.75, 3.05) is 5.75 Å². The van der Waals surface area contributed by atoms with E-state index < -0.39 is 15.3 Å². The molecule has 1 N–H and O–H groups in total. The molecule has 0 bridgehead atoms. The van der Waals surface area contributed by atoms with Crippen molar-refractivity contribution in [3.05, 3.63) is 42.0 Å². The normalized spacial score (nSPS) is 13.4. The summed E-state index contributed by atoms with van der Waals surface area (Å²) in [5, 5.41) is 9.91. The third-order valence-corrected chi connectivity index (χ3v) is 6.15. The fraction of sp³-hybridized carbons (Fsp3) is 0.619. The van der Waals surface area contributed by atoms with Crippen LogP contribution in [0.4, 0.5) is 0 Å². The summed E-state index contributed by atoms with van der Waals surface area (Å²) in [6.45, 7) is 2.22. The molecule has 0 fully saturated rings. The van der Waals surface area contributed by atoms with E-state index in [1.165, 1.54) is 51.0 Å². The van der Waals surface area contributed by atoms with Crippen LogP contribution < -0.4 is 0 Å². The van der Waals surface area contributed by atoms with Gasteiger partial charge in [0.2, 0.25) is 0 Å². The predicted octanol–water partition coefficient (Wildman–Crippen LogP) is 5.35. The largest absolute Gasteiger partial charge is 0.374 e. The Morgan fingerprint density at radius 2 is 1.40 bits per heavy atom. The van der Waals surface area contributed by atoms with E-state index in [0.717, 1.165) is 18.4 Å². The van der Waals surface area contributed by atoms with Crippen LogP contribution in [0.5, 0.6) is 0 Å². The first kappa shape index (κ1) is 21.9. The minimum atomic E-state index is -3.47. The maximum Gasteiger partial charge on any atom is 0.180 e. The molecule has 1 unspecified atom stereocenters. The summed E-state index contributed by atoms with van der Waals surface area (Å²) in [4.78, 5) is 0. The Bertz CT molecular complexity index is 564. The number of hydrogen-bond donors (Lipinski definition) is 1. The molecule has 1 aromatic carbocycles. The Morgan fingerprint density at radius 1 is 0.880 bits per heavy atom. The first-order valence-corrected chi connectivity index (χ1v) is 11.4. The fourth-order valence-corrected chi connectivity index (χ4v) is 3.95. The Morgan fingerprint density at radius 3 is 1.96 bits per heavy atom. The van der Waals surface area contributed by atoms with E-state index in [4.69, 9.17) is 0 Å². The van der Waals surface area contributed by atoms with Crippen LogP contribution in [0.15, 0.2) is 36.4 Å². The zero-order valence-corrected chi connectivity index (χ0v) is 16.4. The Labute approximate surface area is 154 Å². The van der Waals surface area contributed by atoms with Crippen molar-refractivity contribution in [2.24, 2.45) is 0 Å². The molecule has 1 atom stereocenters. The lowest BCUT2D eigenvalue weighted by molar-refractivity contribution is 0.294. The third kappa shape index (κ3) is 10.5. The standard InChI is InChI=1S/C21H34O3S/c1-2-3-4-5-6-7-8-9-10-14-19-25(23,24)21(22)18-17-20-15-12-11-13-16-20/h11-13,15-18,21-22H,2-10,14,19H2,1H3/b18-17+. The van der Waals surface area contributed by atoms with Gasteiger partial charge in [-0.25, -0.2) is 8.42 Å². The van der Waals surface area contributed by atoms with E-state index >= 15 is 0 Å². The monoisotopic (exact) mass is 366 g/mol. The molecule has 0 aliphatic carbocycles. The minimum absolute atomic E-state index is 0.0593. The van der Waals surface area contributed by atoms with E-state index in [0.29, 0.717) is 6.42 Å². The lowest BCUT2D eigenvalue weighted by atomic mass is 10.1. The van der Waals surface area contributed by atoms with Gasteiger partial charge in [-0.1, -0.05) is 101 Å². The van der Waals surface area contributed by atoms with Crippen molar-refractivity contribution < 1.29 is 13.5 Å². The summed E-state index contributed by atoms with van der Waals surface area (Å²) in [7, 11) is -3.47. The number of sulfone groups is 1. The van der Waals surface area contributed by atoms with Crippen LogP contribution in [0.1, 0.15) is 76.7 Å². The van der Waals surface area contributed by atoms with Crippen LogP contribution in [-0.2, 0) is 9.84 Å². The molecule has 0 saturated carbocycles. The molecule has 0 aliphatic heterocycles. The number of rotatable bonds is 14.